The zero-order valence-corrected chi connectivity index (χ0v) is 15.0. The van der Waals surface area contributed by atoms with Crippen LogP contribution in [0.2, 0.25) is 0 Å². The van der Waals surface area contributed by atoms with Crippen LogP contribution in [-0.4, -0.2) is 29.5 Å². The highest BCUT2D eigenvalue weighted by Gasteiger charge is 2.51. The first-order chi connectivity index (χ1) is 11.7. The smallest absolute Gasteiger partial charge is 0.271 e. The van der Waals surface area contributed by atoms with Crippen LogP contribution < -0.4 is 10.6 Å². The van der Waals surface area contributed by atoms with E-state index in [0.717, 1.165) is 35.9 Å². The second-order valence-corrected chi connectivity index (χ2v) is 9.66. The van der Waals surface area contributed by atoms with Crippen LogP contribution in [-0.2, 0) is 0 Å². The Bertz CT molecular complexity index is 599. The van der Waals surface area contributed by atoms with E-state index >= 15 is 0 Å². The number of aromatic nitrogens is 1. The molecule has 4 nitrogen and oxygen atoms in total. The van der Waals surface area contributed by atoms with Crippen LogP contribution in [0.1, 0.15) is 72.8 Å². The standard InChI is InChI=1S/C19H27N3OS/c23-17(16-11-24-18(21-16)15-2-1-3-20-10-15)22-19-7-12-4-13(8-19)6-14(5-12)9-19/h11-15,20H,1-10H2,(H,22,23). The molecule has 0 radical (unpaired) electrons. The van der Waals surface area contributed by atoms with E-state index in [0.29, 0.717) is 11.6 Å². The van der Waals surface area contributed by atoms with Gasteiger partial charge in [0.15, 0.2) is 0 Å². The van der Waals surface area contributed by atoms with Gasteiger partial charge in [-0.25, -0.2) is 4.98 Å². The molecule has 6 rings (SSSR count). The van der Waals surface area contributed by atoms with Crippen molar-refractivity contribution in [2.75, 3.05) is 13.1 Å². The lowest BCUT2D eigenvalue weighted by Gasteiger charge is -2.56. The molecule has 1 unspecified atom stereocenters. The first-order valence-electron chi connectivity index (χ1n) is 9.68. The van der Waals surface area contributed by atoms with Crippen LogP contribution in [0.15, 0.2) is 5.38 Å². The summed E-state index contributed by atoms with van der Waals surface area (Å²) in [4.78, 5) is 17.5. The minimum atomic E-state index is 0.0724. The highest BCUT2D eigenvalue weighted by molar-refractivity contribution is 7.09. The van der Waals surface area contributed by atoms with Gasteiger partial charge in [-0.3, -0.25) is 4.79 Å². The summed E-state index contributed by atoms with van der Waals surface area (Å²) in [6.45, 7) is 2.12. The van der Waals surface area contributed by atoms with Gasteiger partial charge >= 0.3 is 0 Å². The molecule has 1 amide bonds. The van der Waals surface area contributed by atoms with Crippen LogP contribution in [0.25, 0.3) is 0 Å². The van der Waals surface area contributed by atoms with Gasteiger partial charge in [-0.05, 0) is 75.7 Å². The van der Waals surface area contributed by atoms with Crippen LogP contribution in [0.5, 0.6) is 0 Å². The third kappa shape index (κ3) is 2.70. The molecule has 5 heteroatoms. The Balaban J connectivity index is 1.30. The number of piperidine rings is 1. The van der Waals surface area contributed by atoms with Gasteiger partial charge in [0, 0.05) is 23.4 Å². The van der Waals surface area contributed by atoms with E-state index in [9.17, 15) is 4.79 Å². The topological polar surface area (TPSA) is 54.0 Å². The fourth-order valence-electron chi connectivity index (χ4n) is 6.21. The first-order valence-corrected chi connectivity index (χ1v) is 10.6. The Labute approximate surface area is 147 Å². The number of carbonyl (C=O) groups is 1. The molecule has 4 aliphatic carbocycles. The minimum absolute atomic E-state index is 0.0724. The highest BCUT2D eigenvalue weighted by Crippen LogP contribution is 2.55. The fraction of sp³-hybridized carbons (Fsp3) is 0.789. The molecular weight excluding hydrogens is 318 g/mol. The number of thiazole rings is 1. The van der Waals surface area contributed by atoms with E-state index in [1.54, 1.807) is 11.3 Å². The average molecular weight is 346 g/mol. The van der Waals surface area contributed by atoms with Crippen molar-refractivity contribution in [3.05, 3.63) is 16.1 Å². The number of nitrogens with one attached hydrogen (secondary N) is 2. The van der Waals surface area contributed by atoms with E-state index in [2.05, 4.69) is 10.6 Å². The van der Waals surface area contributed by atoms with Crippen molar-refractivity contribution in [1.29, 1.82) is 0 Å². The molecule has 24 heavy (non-hydrogen) atoms. The van der Waals surface area contributed by atoms with Crippen LogP contribution in [0.3, 0.4) is 0 Å². The van der Waals surface area contributed by atoms with Crippen molar-refractivity contribution in [3.63, 3.8) is 0 Å². The summed E-state index contributed by atoms with van der Waals surface area (Å²) in [5.74, 6) is 3.13. The number of hydrogen-bond donors (Lipinski definition) is 2. The van der Waals surface area contributed by atoms with E-state index in [-0.39, 0.29) is 11.4 Å². The van der Waals surface area contributed by atoms with E-state index in [4.69, 9.17) is 4.98 Å². The molecular formula is C19H27N3OS. The van der Waals surface area contributed by atoms with Crippen molar-refractivity contribution < 1.29 is 4.79 Å². The van der Waals surface area contributed by atoms with Crippen LogP contribution in [0, 0.1) is 17.8 Å². The summed E-state index contributed by atoms with van der Waals surface area (Å²) < 4.78 is 0. The maximum Gasteiger partial charge on any atom is 0.271 e. The molecule has 2 heterocycles. The summed E-state index contributed by atoms with van der Waals surface area (Å²) in [6, 6.07) is 0. The van der Waals surface area contributed by atoms with Crippen molar-refractivity contribution >= 4 is 17.2 Å². The van der Waals surface area contributed by atoms with Gasteiger partial charge in [0.2, 0.25) is 0 Å². The lowest BCUT2D eigenvalue weighted by molar-refractivity contribution is -0.0167. The molecule has 1 aliphatic heterocycles. The van der Waals surface area contributed by atoms with Crippen LogP contribution in [0.4, 0.5) is 0 Å². The minimum Gasteiger partial charge on any atom is -0.345 e. The third-order valence-corrected chi connectivity index (χ3v) is 7.82. The quantitative estimate of drug-likeness (QED) is 0.884. The summed E-state index contributed by atoms with van der Waals surface area (Å²) in [5.41, 5.74) is 0.735. The first kappa shape index (κ1) is 15.3. The highest BCUT2D eigenvalue weighted by atomic mass is 32.1. The van der Waals surface area contributed by atoms with E-state index in [1.807, 2.05) is 5.38 Å². The summed E-state index contributed by atoms with van der Waals surface area (Å²) in [5, 5.41) is 10.00. The average Bonchev–Trinajstić information content (AvgIpc) is 3.04. The van der Waals surface area contributed by atoms with Gasteiger partial charge in [-0.2, -0.15) is 0 Å². The van der Waals surface area contributed by atoms with Gasteiger partial charge in [-0.1, -0.05) is 0 Å². The lowest BCUT2D eigenvalue weighted by atomic mass is 9.53. The molecule has 1 aromatic heterocycles. The molecule has 5 aliphatic rings. The van der Waals surface area contributed by atoms with Crippen molar-refractivity contribution in [3.8, 4) is 0 Å². The number of rotatable bonds is 3. The Morgan fingerprint density at radius 2 is 1.92 bits per heavy atom. The monoisotopic (exact) mass is 345 g/mol. The van der Waals surface area contributed by atoms with Gasteiger partial charge in [-0.15, -0.1) is 11.3 Å². The second kappa shape index (κ2) is 5.80. The molecule has 0 spiro atoms. The number of hydrogen-bond acceptors (Lipinski definition) is 4. The Hall–Kier alpha value is -0.940. The molecule has 0 aromatic carbocycles. The largest absolute Gasteiger partial charge is 0.345 e. The SMILES string of the molecule is O=C(NC12CC3CC(CC(C3)C1)C2)c1csc(C2CCCNC2)n1. The zero-order chi connectivity index (χ0) is 16.1. The predicted octanol–water partition coefficient (Wildman–Crippen LogP) is 3.31. The molecule has 1 atom stereocenters. The number of carbonyl (C=O) groups excluding carboxylic acids is 1. The van der Waals surface area contributed by atoms with Crippen molar-refractivity contribution in [2.45, 2.75) is 62.8 Å². The summed E-state index contributed by atoms with van der Waals surface area (Å²) >= 11 is 1.66. The maximum atomic E-state index is 12.8. The number of nitrogens with zero attached hydrogens (tertiary/aromatic N) is 1. The molecule has 4 saturated carbocycles. The maximum absolute atomic E-state index is 12.8. The molecule has 1 saturated heterocycles. The summed E-state index contributed by atoms with van der Waals surface area (Å²) in [6.07, 6.45) is 10.2. The Morgan fingerprint density at radius 3 is 2.54 bits per heavy atom. The lowest BCUT2D eigenvalue weighted by Crippen LogP contribution is -2.59. The van der Waals surface area contributed by atoms with Gasteiger partial charge in [0.05, 0.1) is 5.01 Å². The predicted molar refractivity (Wildman–Crippen MR) is 95.3 cm³/mol. The van der Waals surface area contributed by atoms with Crippen molar-refractivity contribution in [1.82, 2.24) is 15.6 Å². The van der Waals surface area contributed by atoms with E-state index in [1.165, 1.54) is 51.4 Å². The number of amides is 1. The second-order valence-electron chi connectivity index (χ2n) is 8.77. The van der Waals surface area contributed by atoms with Crippen molar-refractivity contribution in [2.24, 2.45) is 17.8 Å². The van der Waals surface area contributed by atoms with Gasteiger partial charge < -0.3 is 10.6 Å². The van der Waals surface area contributed by atoms with E-state index < -0.39 is 0 Å². The third-order valence-electron chi connectivity index (χ3n) is 6.82. The molecule has 1 aromatic rings. The Kier molecular flexibility index (Phi) is 3.71. The van der Waals surface area contributed by atoms with Gasteiger partial charge in [0.1, 0.15) is 5.69 Å². The Morgan fingerprint density at radius 1 is 1.21 bits per heavy atom. The van der Waals surface area contributed by atoms with Gasteiger partial charge in [0.25, 0.3) is 5.91 Å². The normalized spacial score (nSPS) is 40.7. The zero-order valence-electron chi connectivity index (χ0n) is 14.2. The molecule has 4 bridgehead atoms. The molecule has 130 valence electrons. The summed E-state index contributed by atoms with van der Waals surface area (Å²) in [7, 11) is 0. The molecule has 5 fully saturated rings. The molecule has 2 N–H and O–H groups in total. The fourth-order valence-corrected chi connectivity index (χ4v) is 7.15. The van der Waals surface area contributed by atoms with Crippen LogP contribution >= 0.6 is 11.3 Å².